The maximum atomic E-state index is 12.9. The van der Waals surface area contributed by atoms with Crippen molar-refractivity contribution in [2.45, 2.75) is 31.9 Å². The van der Waals surface area contributed by atoms with Crippen LogP contribution in [0.5, 0.6) is 0 Å². The molecule has 1 saturated heterocycles. The number of alkyl carbamates (subject to hydrolysis) is 1. The fraction of sp³-hybridized carbons (Fsp3) is 0.350. The van der Waals surface area contributed by atoms with E-state index in [-0.39, 0.29) is 13.0 Å². The van der Waals surface area contributed by atoms with Gasteiger partial charge in [-0.05, 0) is 24.5 Å². The Hall–Kier alpha value is -3.49. The maximum absolute atomic E-state index is 12.9. The highest BCUT2D eigenvalue weighted by Crippen LogP contribution is 2.21. The van der Waals surface area contributed by atoms with Gasteiger partial charge >= 0.3 is 6.09 Å². The zero-order valence-electron chi connectivity index (χ0n) is 15.7. The Morgan fingerprint density at radius 2 is 2.00 bits per heavy atom. The average molecular weight is 398 g/mol. The highest BCUT2D eigenvalue weighted by molar-refractivity contribution is 6.37. The molecule has 2 aromatic rings. The van der Waals surface area contributed by atoms with Crippen molar-refractivity contribution in [3.05, 3.63) is 53.9 Å². The summed E-state index contributed by atoms with van der Waals surface area (Å²) in [5.41, 5.74) is 1.18. The summed E-state index contributed by atoms with van der Waals surface area (Å²) in [6.45, 7) is 0.459. The lowest BCUT2D eigenvalue weighted by atomic mass is 9.90. The molecule has 1 aromatic carbocycles. The fourth-order valence-corrected chi connectivity index (χ4v) is 3.15. The lowest BCUT2D eigenvalue weighted by Gasteiger charge is -2.18. The van der Waals surface area contributed by atoms with Gasteiger partial charge in [0.1, 0.15) is 12.6 Å². The normalized spacial score (nSPS) is 17.7. The van der Waals surface area contributed by atoms with Crippen LogP contribution in [0.15, 0.2) is 42.6 Å². The number of rotatable bonds is 7. The van der Waals surface area contributed by atoms with Crippen LogP contribution >= 0.6 is 0 Å². The number of ketones is 2. The molecule has 9 nitrogen and oxygen atoms in total. The van der Waals surface area contributed by atoms with Gasteiger partial charge in [0.25, 0.3) is 5.91 Å². The second kappa shape index (κ2) is 9.63. The molecule has 3 rings (SSSR count). The van der Waals surface area contributed by atoms with E-state index in [1.54, 1.807) is 6.07 Å². The summed E-state index contributed by atoms with van der Waals surface area (Å²) < 4.78 is 5.19. The molecule has 9 heteroatoms. The Balaban J connectivity index is 1.65. The van der Waals surface area contributed by atoms with Gasteiger partial charge in [-0.2, -0.15) is 5.10 Å². The van der Waals surface area contributed by atoms with Crippen LogP contribution in [-0.4, -0.2) is 40.3 Å². The van der Waals surface area contributed by atoms with Crippen LogP contribution in [0.4, 0.5) is 4.79 Å². The van der Waals surface area contributed by atoms with Gasteiger partial charge in [0, 0.05) is 25.1 Å². The number of carbonyl (C=O) groups excluding carboxylic acids is 4. The molecule has 0 bridgehead atoms. The zero-order chi connectivity index (χ0) is 20.6. The number of hydrogen-bond acceptors (Lipinski definition) is 6. The lowest BCUT2D eigenvalue weighted by Crippen LogP contribution is -2.37. The van der Waals surface area contributed by atoms with E-state index in [1.165, 1.54) is 6.20 Å². The molecular weight excluding hydrogens is 376 g/mol. The molecule has 1 aromatic heterocycles. The van der Waals surface area contributed by atoms with Crippen LogP contribution in [0.25, 0.3) is 0 Å². The highest BCUT2D eigenvalue weighted by atomic mass is 16.5. The summed E-state index contributed by atoms with van der Waals surface area (Å²) in [6.07, 6.45) is 1.56. The first-order chi connectivity index (χ1) is 14.0. The zero-order valence-corrected chi connectivity index (χ0v) is 15.7. The van der Waals surface area contributed by atoms with Crippen molar-refractivity contribution in [2.24, 2.45) is 5.92 Å². The molecule has 0 radical (unpaired) electrons. The van der Waals surface area contributed by atoms with E-state index in [9.17, 15) is 19.2 Å². The lowest BCUT2D eigenvalue weighted by molar-refractivity contribution is -0.140. The number of Topliss-reactive ketones (excluding diaryl/α,β-unsaturated/α-hetero) is 2. The predicted molar refractivity (Wildman–Crippen MR) is 101 cm³/mol. The minimum absolute atomic E-state index is 0.0534. The van der Waals surface area contributed by atoms with Crippen LogP contribution < -0.4 is 10.6 Å². The molecule has 3 N–H and O–H groups in total. The van der Waals surface area contributed by atoms with Gasteiger partial charge in [0.2, 0.25) is 5.78 Å². The van der Waals surface area contributed by atoms with Crippen molar-refractivity contribution in [3.8, 4) is 0 Å². The third kappa shape index (κ3) is 5.50. The van der Waals surface area contributed by atoms with Gasteiger partial charge in [0.05, 0.1) is 5.69 Å². The minimum Gasteiger partial charge on any atom is -0.445 e. The van der Waals surface area contributed by atoms with E-state index in [4.69, 9.17) is 4.74 Å². The van der Waals surface area contributed by atoms with Gasteiger partial charge in [-0.1, -0.05) is 30.3 Å². The highest BCUT2D eigenvalue weighted by Gasteiger charge is 2.33. The number of benzene rings is 1. The van der Waals surface area contributed by atoms with E-state index in [1.807, 2.05) is 30.3 Å². The van der Waals surface area contributed by atoms with Gasteiger partial charge in [-0.3, -0.25) is 19.5 Å². The number of carbonyl (C=O) groups is 4. The first kappa shape index (κ1) is 20.2. The van der Waals surface area contributed by atoms with E-state index in [0.29, 0.717) is 25.1 Å². The summed E-state index contributed by atoms with van der Waals surface area (Å²) in [5, 5.41) is 11.5. The molecule has 2 heterocycles. The van der Waals surface area contributed by atoms with Crippen molar-refractivity contribution < 1.29 is 23.9 Å². The molecule has 0 saturated carbocycles. The van der Waals surface area contributed by atoms with E-state index < -0.39 is 35.5 Å². The van der Waals surface area contributed by atoms with Gasteiger partial charge in [-0.25, -0.2) is 4.79 Å². The number of hydrogen-bond donors (Lipinski definition) is 3. The number of nitrogens with zero attached hydrogens (tertiary/aromatic N) is 1. The molecule has 1 aliphatic heterocycles. The quantitative estimate of drug-likeness (QED) is 0.605. The predicted octanol–water partition coefficient (Wildman–Crippen LogP) is 1.43. The number of aromatic nitrogens is 2. The number of nitrogens with one attached hydrogen (secondary N) is 3. The molecule has 2 atom stereocenters. The monoisotopic (exact) mass is 398 g/mol. The van der Waals surface area contributed by atoms with Crippen LogP contribution in [-0.2, 0) is 25.7 Å². The van der Waals surface area contributed by atoms with Crippen molar-refractivity contribution in [1.82, 2.24) is 20.8 Å². The standard InChI is InChI=1S/C20H22N4O5/c25-16(11-14-7-4-9-21-19(27)18(14)26)17(15-8-10-22-24-15)23-20(28)29-12-13-5-2-1-3-6-13/h1-3,5-6,8,10,14,17H,4,7,9,11-12H2,(H,21,27)(H,22,24)(H,23,28). The summed E-state index contributed by atoms with van der Waals surface area (Å²) in [7, 11) is 0. The topological polar surface area (TPSA) is 130 Å². The first-order valence-corrected chi connectivity index (χ1v) is 9.36. The Bertz CT molecular complexity index is 866. The Morgan fingerprint density at radius 3 is 2.72 bits per heavy atom. The van der Waals surface area contributed by atoms with Crippen molar-refractivity contribution in [1.29, 1.82) is 0 Å². The third-order valence-corrected chi connectivity index (χ3v) is 4.69. The minimum atomic E-state index is -1.06. The van der Waals surface area contributed by atoms with Crippen molar-refractivity contribution in [3.63, 3.8) is 0 Å². The fourth-order valence-electron chi connectivity index (χ4n) is 3.15. The van der Waals surface area contributed by atoms with Crippen LogP contribution in [0, 0.1) is 5.92 Å². The van der Waals surface area contributed by atoms with Gasteiger partial charge in [-0.15, -0.1) is 0 Å². The average Bonchev–Trinajstić information content (AvgIpc) is 3.22. The molecule has 2 amide bonds. The second-order valence-corrected chi connectivity index (χ2v) is 6.78. The van der Waals surface area contributed by atoms with E-state index in [2.05, 4.69) is 20.8 Å². The maximum Gasteiger partial charge on any atom is 0.408 e. The number of H-pyrrole nitrogens is 1. The Kier molecular flexibility index (Phi) is 6.72. The Labute approximate surface area is 167 Å². The summed E-state index contributed by atoms with van der Waals surface area (Å²) in [4.78, 5) is 49.0. The van der Waals surface area contributed by atoms with Crippen LogP contribution in [0.2, 0.25) is 0 Å². The summed E-state index contributed by atoms with van der Waals surface area (Å²) in [5.74, 6) is -2.39. The SMILES string of the molecule is O=C(NC(C(=O)CC1CCCNC(=O)C1=O)c1ccn[nH]1)OCc1ccccc1. The largest absolute Gasteiger partial charge is 0.445 e. The molecule has 0 aliphatic carbocycles. The third-order valence-electron chi connectivity index (χ3n) is 4.69. The summed E-state index contributed by atoms with van der Waals surface area (Å²) >= 11 is 0. The second-order valence-electron chi connectivity index (χ2n) is 6.78. The molecular formula is C20H22N4O5. The van der Waals surface area contributed by atoms with E-state index >= 15 is 0 Å². The Morgan fingerprint density at radius 1 is 1.21 bits per heavy atom. The number of aromatic amines is 1. The number of ether oxygens (including phenoxy) is 1. The molecule has 0 spiro atoms. The molecule has 2 unspecified atom stereocenters. The molecule has 1 fully saturated rings. The smallest absolute Gasteiger partial charge is 0.408 e. The first-order valence-electron chi connectivity index (χ1n) is 9.36. The van der Waals surface area contributed by atoms with Crippen molar-refractivity contribution >= 4 is 23.6 Å². The van der Waals surface area contributed by atoms with Crippen LogP contribution in [0.1, 0.15) is 36.6 Å². The molecule has 1 aliphatic rings. The van der Waals surface area contributed by atoms with Gasteiger partial charge < -0.3 is 15.4 Å². The molecule has 152 valence electrons. The van der Waals surface area contributed by atoms with E-state index in [0.717, 1.165) is 5.56 Å². The van der Waals surface area contributed by atoms with Crippen LogP contribution in [0.3, 0.4) is 0 Å². The number of amides is 2. The summed E-state index contributed by atoms with van der Waals surface area (Å²) in [6, 6.07) is 9.63. The van der Waals surface area contributed by atoms with Gasteiger partial charge in [0.15, 0.2) is 5.78 Å². The van der Waals surface area contributed by atoms with Crippen molar-refractivity contribution in [2.75, 3.05) is 6.54 Å². The molecule has 29 heavy (non-hydrogen) atoms.